The first kappa shape index (κ1) is 7.06. The van der Waals surface area contributed by atoms with Crippen LogP contribution in [0.5, 0.6) is 0 Å². The van der Waals surface area contributed by atoms with Crippen molar-refractivity contribution in [2.45, 2.75) is 13.8 Å². The lowest BCUT2D eigenvalue weighted by Crippen LogP contribution is -1.93. The third-order valence-electron chi connectivity index (χ3n) is 0.843. The van der Waals surface area contributed by atoms with Crippen LogP contribution in [0.4, 0.5) is 0 Å². The average molecular weight is 109 g/mol. The lowest BCUT2D eigenvalue weighted by Gasteiger charge is -1.89. The van der Waals surface area contributed by atoms with Crippen LogP contribution < -0.4 is 5.73 Å². The highest BCUT2D eigenvalue weighted by Crippen LogP contribution is 1.94. The molecular formula is C7H11N. The topological polar surface area (TPSA) is 26.0 Å². The van der Waals surface area contributed by atoms with Gasteiger partial charge in [0.2, 0.25) is 0 Å². The molecule has 0 radical (unpaired) electrons. The standard InChI is InChI=1S/C7H11N/c1-4-5-6(2)7(3)8/h4H,3,8H2,1-2H3. The van der Waals surface area contributed by atoms with E-state index < -0.39 is 0 Å². The van der Waals surface area contributed by atoms with Gasteiger partial charge in [-0.2, -0.15) is 0 Å². The molecule has 1 nitrogen and oxygen atoms in total. The predicted molar refractivity (Wildman–Crippen MR) is 36.3 cm³/mol. The smallest absolute Gasteiger partial charge is 0.0348 e. The van der Waals surface area contributed by atoms with Crippen molar-refractivity contribution >= 4 is 0 Å². The fraction of sp³-hybridized carbons (Fsp3) is 0.286. The largest absolute Gasteiger partial charge is 0.398 e. The van der Waals surface area contributed by atoms with Crippen LogP contribution in [-0.2, 0) is 0 Å². The predicted octanol–water partition coefficient (Wildman–Crippen LogP) is 1.58. The first-order valence-corrected chi connectivity index (χ1v) is 2.51. The van der Waals surface area contributed by atoms with Crippen LogP contribution in [0.15, 0.2) is 29.7 Å². The molecule has 0 aromatic carbocycles. The van der Waals surface area contributed by atoms with Gasteiger partial charge in [0, 0.05) is 11.3 Å². The van der Waals surface area contributed by atoms with Gasteiger partial charge in [0.25, 0.3) is 0 Å². The first-order valence-electron chi connectivity index (χ1n) is 2.51. The lowest BCUT2D eigenvalue weighted by molar-refractivity contribution is 1.31. The van der Waals surface area contributed by atoms with Crippen LogP contribution in [0.1, 0.15) is 13.8 Å². The average Bonchev–Trinajstić information content (AvgIpc) is 1.67. The van der Waals surface area contributed by atoms with Crippen molar-refractivity contribution in [2.24, 2.45) is 5.73 Å². The number of allylic oxidation sites excluding steroid dienone is 1. The van der Waals surface area contributed by atoms with Crippen LogP contribution >= 0.6 is 0 Å². The molecule has 0 saturated carbocycles. The minimum Gasteiger partial charge on any atom is -0.398 e. The second kappa shape index (κ2) is 3.11. The summed E-state index contributed by atoms with van der Waals surface area (Å²) < 4.78 is 0. The molecule has 0 aromatic heterocycles. The van der Waals surface area contributed by atoms with Crippen LogP contribution in [0, 0.1) is 0 Å². The summed E-state index contributed by atoms with van der Waals surface area (Å²) in [4.78, 5) is 0. The van der Waals surface area contributed by atoms with E-state index in [4.69, 9.17) is 5.73 Å². The third kappa shape index (κ3) is 2.27. The van der Waals surface area contributed by atoms with Crippen molar-refractivity contribution in [1.82, 2.24) is 0 Å². The van der Waals surface area contributed by atoms with Crippen LogP contribution in [0.3, 0.4) is 0 Å². The van der Waals surface area contributed by atoms with Crippen molar-refractivity contribution in [3.63, 3.8) is 0 Å². The molecule has 0 saturated heterocycles. The zero-order chi connectivity index (χ0) is 6.57. The second-order valence-corrected chi connectivity index (χ2v) is 1.58. The fourth-order valence-electron chi connectivity index (χ4n) is 0.309. The van der Waals surface area contributed by atoms with Crippen LogP contribution in [0.2, 0.25) is 0 Å². The molecule has 0 amide bonds. The van der Waals surface area contributed by atoms with E-state index in [1.165, 1.54) is 0 Å². The van der Waals surface area contributed by atoms with Gasteiger partial charge in [-0.1, -0.05) is 6.58 Å². The number of rotatable bonds is 1. The van der Waals surface area contributed by atoms with Crippen molar-refractivity contribution in [3.05, 3.63) is 29.7 Å². The molecule has 0 aliphatic carbocycles. The Morgan fingerprint density at radius 1 is 1.75 bits per heavy atom. The van der Waals surface area contributed by atoms with E-state index in [1.54, 1.807) is 0 Å². The number of hydrogen-bond acceptors (Lipinski definition) is 1. The van der Waals surface area contributed by atoms with Gasteiger partial charge in [0.05, 0.1) is 0 Å². The summed E-state index contributed by atoms with van der Waals surface area (Å²) in [5.74, 6) is 0. The molecule has 0 unspecified atom stereocenters. The Morgan fingerprint density at radius 2 is 2.25 bits per heavy atom. The van der Waals surface area contributed by atoms with Gasteiger partial charge in [-0.25, -0.2) is 0 Å². The molecule has 0 atom stereocenters. The molecule has 0 aliphatic rings. The van der Waals surface area contributed by atoms with E-state index in [-0.39, 0.29) is 0 Å². The van der Waals surface area contributed by atoms with Crippen molar-refractivity contribution < 1.29 is 0 Å². The van der Waals surface area contributed by atoms with Crippen LogP contribution in [-0.4, -0.2) is 0 Å². The minimum absolute atomic E-state index is 0.586. The molecule has 0 aromatic rings. The summed E-state index contributed by atoms with van der Waals surface area (Å²) >= 11 is 0. The highest BCUT2D eigenvalue weighted by Gasteiger charge is 1.82. The molecule has 0 aliphatic heterocycles. The molecule has 44 valence electrons. The van der Waals surface area contributed by atoms with E-state index >= 15 is 0 Å². The van der Waals surface area contributed by atoms with Gasteiger partial charge in [0.15, 0.2) is 0 Å². The monoisotopic (exact) mass is 109 g/mol. The number of nitrogens with two attached hydrogens (primary N) is 1. The summed E-state index contributed by atoms with van der Waals surface area (Å²) in [6.07, 6.45) is 1.81. The van der Waals surface area contributed by atoms with Gasteiger partial charge >= 0.3 is 0 Å². The quantitative estimate of drug-likeness (QED) is 0.401. The Balaban J connectivity index is 4.24. The van der Waals surface area contributed by atoms with Gasteiger partial charge in [-0.15, -0.1) is 5.73 Å². The Morgan fingerprint density at radius 3 is 2.38 bits per heavy atom. The summed E-state index contributed by atoms with van der Waals surface area (Å²) in [6, 6.07) is 0. The molecule has 2 N–H and O–H groups in total. The van der Waals surface area contributed by atoms with Gasteiger partial charge in [-0.05, 0) is 19.9 Å². The highest BCUT2D eigenvalue weighted by molar-refractivity contribution is 5.21. The van der Waals surface area contributed by atoms with E-state index in [9.17, 15) is 0 Å². The zero-order valence-corrected chi connectivity index (χ0v) is 5.36. The molecule has 0 fully saturated rings. The summed E-state index contributed by atoms with van der Waals surface area (Å²) in [5.41, 5.74) is 9.72. The molecular weight excluding hydrogens is 98.1 g/mol. The first-order chi connectivity index (χ1) is 3.68. The molecule has 0 bridgehead atoms. The third-order valence-corrected chi connectivity index (χ3v) is 0.843. The SMILES string of the molecule is C=C(N)C(C)=C=CC. The zero-order valence-electron chi connectivity index (χ0n) is 5.36. The van der Waals surface area contributed by atoms with Crippen molar-refractivity contribution in [1.29, 1.82) is 0 Å². The van der Waals surface area contributed by atoms with Gasteiger partial charge in [-0.3, -0.25) is 0 Å². The van der Waals surface area contributed by atoms with Gasteiger partial charge in [0.1, 0.15) is 0 Å². The second-order valence-electron chi connectivity index (χ2n) is 1.58. The lowest BCUT2D eigenvalue weighted by atomic mass is 10.2. The maximum atomic E-state index is 5.31. The van der Waals surface area contributed by atoms with E-state index in [2.05, 4.69) is 12.3 Å². The van der Waals surface area contributed by atoms with Crippen molar-refractivity contribution in [2.75, 3.05) is 0 Å². The molecule has 8 heavy (non-hydrogen) atoms. The maximum Gasteiger partial charge on any atom is 0.0348 e. The summed E-state index contributed by atoms with van der Waals surface area (Å²) in [7, 11) is 0. The molecule has 0 rings (SSSR count). The van der Waals surface area contributed by atoms with E-state index in [1.807, 2.05) is 19.9 Å². The molecule has 0 heterocycles. The molecule has 0 spiro atoms. The maximum absolute atomic E-state index is 5.31. The summed E-state index contributed by atoms with van der Waals surface area (Å²) in [6.45, 7) is 7.30. The highest BCUT2D eigenvalue weighted by atomic mass is 14.6. The Bertz CT molecular complexity index is 148. The summed E-state index contributed by atoms with van der Waals surface area (Å²) in [5, 5.41) is 0. The van der Waals surface area contributed by atoms with Gasteiger partial charge < -0.3 is 5.73 Å². The van der Waals surface area contributed by atoms with E-state index in [0.717, 1.165) is 5.57 Å². The minimum atomic E-state index is 0.586. The Kier molecular flexibility index (Phi) is 2.75. The Hall–Kier alpha value is -0.940. The van der Waals surface area contributed by atoms with Crippen LogP contribution in [0.25, 0.3) is 0 Å². The fourth-order valence-corrected chi connectivity index (χ4v) is 0.309. The van der Waals surface area contributed by atoms with Crippen molar-refractivity contribution in [3.8, 4) is 0 Å². The van der Waals surface area contributed by atoms with E-state index in [0.29, 0.717) is 5.70 Å². The normalized spacial score (nSPS) is 7.25. The molecule has 1 heteroatoms. The number of hydrogen-bond donors (Lipinski definition) is 1. The Labute approximate surface area is 50.2 Å².